The number of hydrogen-bond donors (Lipinski definition) is 0. The Morgan fingerprint density at radius 2 is 2.22 bits per heavy atom. The van der Waals surface area contributed by atoms with Crippen molar-refractivity contribution in [1.82, 2.24) is 4.90 Å². The van der Waals surface area contributed by atoms with E-state index in [9.17, 15) is 4.39 Å². The molecule has 1 aromatic rings. The lowest BCUT2D eigenvalue weighted by molar-refractivity contribution is 0.270. The molecule has 1 aliphatic heterocycles. The van der Waals surface area contributed by atoms with E-state index in [1.54, 1.807) is 12.1 Å². The fourth-order valence-electron chi connectivity index (χ4n) is 2.47. The quantitative estimate of drug-likeness (QED) is 0.800. The molecule has 18 heavy (non-hydrogen) atoms. The van der Waals surface area contributed by atoms with Crippen molar-refractivity contribution in [2.45, 2.75) is 32.7 Å². The van der Waals surface area contributed by atoms with Crippen LogP contribution in [0.25, 0.3) is 0 Å². The van der Waals surface area contributed by atoms with Gasteiger partial charge in [0, 0.05) is 12.1 Å². The van der Waals surface area contributed by atoms with E-state index in [-0.39, 0.29) is 5.82 Å². The predicted molar refractivity (Wildman–Crippen MR) is 69.4 cm³/mol. The lowest BCUT2D eigenvalue weighted by Gasteiger charge is -2.20. The Morgan fingerprint density at radius 3 is 2.94 bits per heavy atom. The number of halogens is 1. The molecule has 0 saturated carbocycles. The van der Waals surface area contributed by atoms with Crippen LogP contribution >= 0.6 is 0 Å². The van der Waals surface area contributed by atoms with Gasteiger partial charge < -0.3 is 0 Å². The molecule has 96 valence electrons. The van der Waals surface area contributed by atoms with Crippen molar-refractivity contribution in [2.75, 3.05) is 13.1 Å². The summed E-state index contributed by atoms with van der Waals surface area (Å²) < 4.78 is 13.8. The molecule has 0 spiro atoms. The molecule has 0 radical (unpaired) electrons. The molecule has 0 N–H and O–H groups in total. The number of benzene rings is 1. The molecule has 1 heterocycles. The third-order valence-electron chi connectivity index (χ3n) is 3.69. The topological polar surface area (TPSA) is 27.0 Å². The molecule has 1 unspecified atom stereocenters. The molecule has 1 aromatic carbocycles. The summed E-state index contributed by atoms with van der Waals surface area (Å²) in [5.74, 6) is 0.521. The number of rotatable bonds is 2. The molecule has 0 aliphatic carbocycles. The van der Waals surface area contributed by atoms with Gasteiger partial charge in [0.15, 0.2) is 0 Å². The summed E-state index contributed by atoms with van der Waals surface area (Å²) in [6, 6.07) is 6.72. The fourth-order valence-corrected chi connectivity index (χ4v) is 2.47. The van der Waals surface area contributed by atoms with Gasteiger partial charge in [0.1, 0.15) is 5.82 Å². The molecule has 1 atom stereocenters. The molecule has 0 aromatic heterocycles. The van der Waals surface area contributed by atoms with Crippen molar-refractivity contribution in [3.63, 3.8) is 0 Å². The van der Waals surface area contributed by atoms with Gasteiger partial charge in [0.25, 0.3) is 0 Å². The van der Waals surface area contributed by atoms with E-state index in [0.717, 1.165) is 19.0 Å². The molecule has 1 fully saturated rings. The van der Waals surface area contributed by atoms with E-state index in [1.807, 2.05) is 6.07 Å². The Morgan fingerprint density at radius 1 is 1.39 bits per heavy atom. The second-order valence-electron chi connectivity index (χ2n) is 5.23. The number of likely N-dealkylation sites (tertiary alicyclic amines) is 1. The molecule has 0 amide bonds. The zero-order valence-corrected chi connectivity index (χ0v) is 10.8. The fraction of sp³-hybridized carbons (Fsp3) is 0.533. The number of hydrogen-bond acceptors (Lipinski definition) is 2. The Hall–Kier alpha value is -1.40. The summed E-state index contributed by atoms with van der Waals surface area (Å²) in [6.07, 6.45) is 3.66. The molecule has 2 nitrogen and oxygen atoms in total. The maximum absolute atomic E-state index is 13.8. The highest BCUT2D eigenvalue weighted by molar-refractivity contribution is 5.32. The maximum Gasteiger partial charge on any atom is 0.129 e. The number of nitriles is 1. The summed E-state index contributed by atoms with van der Waals surface area (Å²) >= 11 is 0. The van der Waals surface area contributed by atoms with Crippen LogP contribution in [0.5, 0.6) is 0 Å². The summed E-state index contributed by atoms with van der Waals surface area (Å²) in [7, 11) is 0. The van der Waals surface area contributed by atoms with Crippen molar-refractivity contribution in [3.8, 4) is 6.07 Å². The Kier molecular flexibility index (Phi) is 4.33. The zero-order valence-electron chi connectivity index (χ0n) is 10.8. The number of nitrogens with zero attached hydrogens (tertiary/aromatic N) is 2. The molecular weight excluding hydrogens is 227 g/mol. The highest BCUT2D eigenvalue weighted by Gasteiger charge is 2.15. The minimum atomic E-state index is -0.258. The first-order chi connectivity index (χ1) is 8.69. The average Bonchev–Trinajstić information content (AvgIpc) is 2.57. The minimum absolute atomic E-state index is 0.258. The van der Waals surface area contributed by atoms with E-state index in [0.29, 0.717) is 17.7 Å². The molecule has 3 heteroatoms. The molecule has 1 saturated heterocycles. The standard InChI is InChI=1S/C15H19FN2/c1-12-3-2-7-18(8-6-12)11-14-5-4-13(10-17)9-15(14)16/h4-5,9,12H,2-3,6-8,11H2,1H3. The van der Waals surface area contributed by atoms with E-state index in [1.165, 1.54) is 25.3 Å². The summed E-state index contributed by atoms with van der Waals surface area (Å²) in [4.78, 5) is 2.31. The normalized spacial score (nSPS) is 21.3. The van der Waals surface area contributed by atoms with Gasteiger partial charge in [-0.05, 0) is 50.4 Å². The summed E-state index contributed by atoms with van der Waals surface area (Å²) in [5.41, 5.74) is 1.09. The molecule has 1 aliphatic rings. The van der Waals surface area contributed by atoms with Crippen LogP contribution < -0.4 is 0 Å². The average molecular weight is 246 g/mol. The van der Waals surface area contributed by atoms with Gasteiger partial charge >= 0.3 is 0 Å². The van der Waals surface area contributed by atoms with E-state index in [2.05, 4.69) is 11.8 Å². The van der Waals surface area contributed by atoms with Crippen LogP contribution in [0.2, 0.25) is 0 Å². The van der Waals surface area contributed by atoms with Crippen molar-refractivity contribution < 1.29 is 4.39 Å². The predicted octanol–water partition coefficient (Wildman–Crippen LogP) is 3.32. The van der Waals surface area contributed by atoms with Gasteiger partial charge in [0.05, 0.1) is 11.6 Å². The second kappa shape index (κ2) is 5.97. The van der Waals surface area contributed by atoms with Crippen molar-refractivity contribution in [3.05, 3.63) is 35.1 Å². The van der Waals surface area contributed by atoms with Crippen LogP contribution in [-0.4, -0.2) is 18.0 Å². The van der Waals surface area contributed by atoms with Crippen molar-refractivity contribution >= 4 is 0 Å². The Labute approximate surface area is 108 Å². The van der Waals surface area contributed by atoms with Gasteiger partial charge in [-0.2, -0.15) is 5.26 Å². The highest BCUT2D eigenvalue weighted by atomic mass is 19.1. The van der Waals surface area contributed by atoms with Gasteiger partial charge in [-0.3, -0.25) is 4.90 Å². The summed E-state index contributed by atoms with van der Waals surface area (Å²) in [6.45, 7) is 5.03. The van der Waals surface area contributed by atoms with E-state index in [4.69, 9.17) is 5.26 Å². The molecule has 0 bridgehead atoms. The molecular formula is C15H19FN2. The first-order valence-electron chi connectivity index (χ1n) is 6.60. The lowest BCUT2D eigenvalue weighted by atomic mass is 10.0. The SMILES string of the molecule is CC1CCCN(Cc2ccc(C#N)cc2F)CC1. The second-order valence-corrected chi connectivity index (χ2v) is 5.23. The third-order valence-corrected chi connectivity index (χ3v) is 3.69. The first kappa shape index (κ1) is 13.0. The van der Waals surface area contributed by atoms with Crippen LogP contribution in [0.3, 0.4) is 0 Å². The largest absolute Gasteiger partial charge is 0.299 e. The third kappa shape index (κ3) is 3.30. The Bertz CT molecular complexity index is 450. The lowest BCUT2D eigenvalue weighted by Crippen LogP contribution is -2.24. The zero-order chi connectivity index (χ0) is 13.0. The van der Waals surface area contributed by atoms with E-state index < -0.39 is 0 Å². The maximum atomic E-state index is 13.8. The van der Waals surface area contributed by atoms with Gasteiger partial charge in [-0.25, -0.2) is 4.39 Å². The minimum Gasteiger partial charge on any atom is -0.299 e. The van der Waals surface area contributed by atoms with Crippen LogP contribution in [0.1, 0.15) is 37.3 Å². The van der Waals surface area contributed by atoms with Crippen LogP contribution in [0.15, 0.2) is 18.2 Å². The monoisotopic (exact) mass is 246 g/mol. The molecule has 2 rings (SSSR count). The van der Waals surface area contributed by atoms with Crippen LogP contribution in [0, 0.1) is 23.1 Å². The van der Waals surface area contributed by atoms with E-state index >= 15 is 0 Å². The Balaban J connectivity index is 2.03. The van der Waals surface area contributed by atoms with Gasteiger partial charge in [-0.15, -0.1) is 0 Å². The summed E-state index contributed by atoms with van der Waals surface area (Å²) in [5, 5.41) is 8.71. The van der Waals surface area contributed by atoms with Crippen LogP contribution in [-0.2, 0) is 6.54 Å². The highest BCUT2D eigenvalue weighted by Crippen LogP contribution is 2.19. The van der Waals surface area contributed by atoms with Gasteiger partial charge in [-0.1, -0.05) is 13.0 Å². The smallest absolute Gasteiger partial charge is 0.129 e. The first-order valence-corrected chi connectivity index (χ1v) is 6.60. The van der Waals surface area contributed by atoms with Crippen molar-refractivity contribution in [1.29, 1.82) is 5.26 Å². The van der Waals surface area contributed by atoms with Crippen LogP contribution in [0.4, 0.5) is 4.39 Å². The van der Waals surface area contributed by atoms with Crippen molar-refractivity contribution in [2.24, 2.45) is 5.92 Å². The van der Waals surface area contributed by atoms with Gasteiger partial charge in [0.2, 0.25) is 0 Å².